The van der Waals surface area contributed by atoms with Gasteiger partial charge in [-0.05, 0) is 39.3 Å². The SMILES string of the molecule is CCCCCCCCCCCCCCCCCCNC(=O)C(C(CC)CCCC)N(CCN(C)C)C(=O)CCCCCCCCCCCCCCCCC. The highest BCUT2D eigenvalue weighted by atomic mass is 16.2. The molecule has 2 unspecified atom stereocenters. The van der Waals surface area contributed by atoms with Gasteiger partial charge in [0.1, 0.15) is 6.04 Å². The van der Waals surface area contributed by atoms with Crippen molar-refractivity contribution in [2.24, 2.45) is 5.92 Å². The first-order valence-corrected chi connectivity index (χ1v) is 24.6. The van der Waals surface area contributed by atoms with Gasteiger partial charge >= 0.3 is 0 Å². The summed E-state index contributed by atoms with van der Waals surface area (Å²) < 4.78 is 0. The molecule has 0 saturated heterocycles. The van der Waals surface area contributed by atoms with Crippen molar-refractivity contribution in [1.82, 2.24) is 15.1 Å². The third-order valence-corrected chi connectivity index (χ3v) is 11.9. The number of hydrogen-bond acceptors (Lipinski definition) is 3. The van der Waals surface area contributed by atoms with Gasteiger partial charge in [-0.1, -0.05) is 233 Å². The maximum atomic E-state index is 14.0. The standard InChI is InChI=1S/C49H99N3O2/c1-7-11-14-16-18-20-22-24-26-28-30-32-34-36-38-40-43-50-49(54)48(46(10-4)41-13-9-3)52(45-44-51(5)6)47(53)42-39-37-35-33-31-29-27-25-23-21-19-17-15-12-8-2/h46,48H,7-45H2,1-6H3,(H,50,54). The van der Waals surface area contributed by atoms with E-state index in [4.69, 9.17) is 0 Å². The molecule has 0 aromatic rings. The number of nitrogens with one attached hydrogen (secondary N) is 1. The van der Waals surface area contributed by atoms with E-state index in [2.05, 4.69) is 52.0 Å². The summed E-state index contributed by atoms with van der Waals surface area (Å²) in [5, 5.41) is 3.32. The van der Waals surface area contributed by atoms with Gasteiger partial charge in [0.15, 0.2) is 0 Å². The highest BCUT2D eigenvalue weighted by molar-refractivity contribution is 5.88. The van der Waals surface area contributed by atoms with Crippen LogP contribution >= 0.6 is 0 Å². The minimum Gasteiger partial charge on any atom is -0.354 e. The number of hydrogen-bond donors (Lipinski definition) is 1. The van der Waals surface area contributed by atoms with Gasteiger partial charge in [0.05, 0.1) is 0 Å². The van der Waals surface area contributed by atoms with Crippen LogP contribution in [0.15, 0.2) is 0 Å². The average molecular weight is 762 g/mol. The van der Waals surface area contributed by atoms with Gasteiger partial charge < -0.3 is 15.1 Å². The quantitative estimate of drug-likeness (QED) is 0.0630. The van der Waals surface area contributed by atoms with Crippen LogP contribution in [-0.4, -0.2) is 61.4 Å². The Hall–Kier alpha value is -1.10. The van der Waals surface area contributed by atoms with Gasteiger partial charge in [0.25, 0.3) is 0 Å². The molecule has 0 fully saturated rings. The molecular formula is C49H99N3O2. The largest absolute Gasteiger partial charge is 0.354 e. The van der Waals surface area contributed by atoms with Gasteiger partial charge in [-0.15, -0.1) is 0 Å². The molecule has 0 aromatic carbocycles. The van der Waals surface area contributed by atoms with Gasteiger partial charge in [-0.3, -0.25) is 9.59 Å². The van der Waals surface area contributed by atoms with E-state index in [0.29, 0.717) is 13.0 Å². The van der Waals surface area contributed by atoms with Gasteiger partial charge in [-0.2, -0.15) is 0 Å². The molecule has 0 aliphatic rings. The average Bonchev–Trinajstić information content (AvgIpc) is 3.16. The predicted molar refractivity (Wildman–Crippen MR) is 239 cm³/mol. The number of rotatable bonds is 43. The van der Waals surface area contributed by atoms with E-state index in [1.54, 1.807) is 0 Å². The summed E-state index contributed by atoms with van der Waals surface area (Å²) in [5.41, 5.74) is 0. The first-order valence-electron chi connectivity index (χ1n) is 24.6. The number of carbonyl (C=O) groups excluding carboxylic acids is 2. The molecule has 0 aliphatic carbocycles. The summed E-state index contributed by atoms with van der Waals surface area (Å²) >= 11 is 0. The van der Waals surface area contributed by atoms with Crippen molar-refractivity contribution in [1.29, 1.82) is 0 Å². The second kappa shape index (κ2) is 41.5. The summed E-state index contributed by atoms with van der Waals surface area (Å²) in [6.45, 7) is 11.2. The molecule has 5 heteroatoms. The Bertz CT molecular complexity index is 787. The second-order valence-corrected chi connectivity index (χ2v) is 17.4. The summed E-state index contributed by atoms with van der Waals surface area (Å²) in [5.74, 6) is 0.481. The Morgan fingerprint density at radius 1 is 0.444 bits per heavy atom. The van der Waals surface area contributed by atoms with Crippen LogP contribution < -0.4 is 5.32 Å². The van der Waals surface area contributed by atoms with Gasteiger partial charge in [0, 0.05) is 26.1 Å². The van der Waals surface area contributed by atoms with Crippen LogP contribution in [0.4, 0.5) is 0 Å². The van der Waals surface area contributed by atoms with E-state index in [1.807, 2.05) is 4.90 Å². The number of carbonyl (C=O) groups is 2. The second-order valence-electron chi connectivity index (χ2n) is 17.4. The van der Waals surface area contributed by atoms with Gasteiger partial charge in [-0.25, -0.2) is 0 Å². The lowest BCUT2D eigenvalue weighted by Gasteiger charge is -2.37. The third kappa shape index (κ3) is 33.1. The van der Waals surface area contributed by atoms with Crippen LogP contribution in [0.3, 0.4) is 0 Å². The van der Waals surface area contributed by atoms with E-state index in [9.17, 15) is 9.59 Å². The van der Waals surface area contributed by atoms with Crippen LogP contribution in [0.5, 0.6) is 0 Å². The van der Waals surface area contributed by atoms with Gasteiger partial charge in [0.2, 0.25) is 11.8 Å². The van der Waals surface area contributed by atoms with Crippen molar-refractivity contribution in [2.45, 2.75) is 265 Å². The monoisotopic (exact) mass is 762 g/mol. The number of likely N-dealkylation sites (N-methyl/N-ethyl adjacent to an activating group) is 1. The summed E-state index contributed by atoms with van der Waals surface area (Å²) in [6.07, 6.45) is 46.3. The molecule has 0 radical (unpaired) electrons. The Balaban J connectivity index is 4.58. The van der Waals surface area contributed by atoms with E-state index < -0.39 is 0 Å². The maximum Gasteiger partial charge on any atom is 0.243 e. The Labute approximate surface area is 340 Å². The van der Waals surface area contributed by atoms with Crippen molar-refractivity contribution in [3.63, 3.8) is 0 Å². The van der Waals surface area contributed by atoms with E-state index in [0.717, 1.165) is 58.0 Å². The normalized spacial score (nSPS) is 12.7. The van der Waals surface area contributed by atoms with Crippen LogP contribution in [0, 0.1) is 5.92 Å². The molecule has 5 nitrogen and oxygen atoms in total. The van der Waals surface area contributed by atoms with Crippen molar-refractivity contribution in [2.75, 3.05) is 33.7 Å². The van der Waals surface area contributed by atoms with E-state index >= 15 is 0 Å². The number of amides is 2. The lowest BCUT2D eigenvalue weighted by molar-refractivity contribution is -0.143. The zero-order chi connectivity index (χ0) is 39.7. The highest BCUT2D eigenvalue weighted by Crippen LogP contribution is 2.24. The third-order valence-electron chi connectivity index (χ3n) is 11.9. The Kier molecular flexibility index (Phi) is 40.7. The van der Waals surface area contributed by atoms with Crippen molar-refractivity contribution in [3.8, 4) is 0 Å². The number of unbranched alkanes of at least 4 members (excludes halogenated alkanes) is 30. The fourth-order valence-corrected chi connectivity index (χ4v) is 8.17. The molecule has 0 spiro atoms. The summed E-state index contributed by atoms with van der Waals surface area (Å²) in [6, 6.07) is -0.355. The zero-order valence-corrected chi connectivity index (χ0v) is 37.9. The molecule has 0 bridgehead atoms. The van der Waals surface area contributed by atoms with Crippen molar-refractivity contribution in [3.05, 3.63) is 0 Å². The van der Waals surface area contributed by atoms with Crippen LogP contribution in [0.2, 0.25) is 0 Å². The van der Waals surface area contributed by atoms with Crippen molar-refractivity contribution < 1.29 is 9.59 Å². The first-order chi connectivity index (χ1) is 26.4. The van der Waals surface area contributed by atoms with Crippen LogP contribution in [-0.2, 0) is 9.59 Å². The Morgan fingerprint density at radius 3 is 1.15 bits per heavy atom. The fourth-order valence-electron chi connectivity index (χ4n) is 8.17. The summed E-state index contributed by atoms with van der Waals surface area (Å²) in [7, 11) is 4.14. The number of nitrogens with zero attached hydrogens (tertiary/aromatic N) is 2. The molecule has 2 amide bonds. The molecule has 1 N–H and O–H groups in total. The minimum atomic E-state index is -0.355. The van der Waals surface area contributed by atoms with E-state index in [1.165, 1.54) is 180 Å². The highest BCUT2D eigenvalue weighted by Gasteiger charge is 2.35. The topological polar surface area (TPSA) is 52.7 Å². The lowest BCUT2D eigenvalue weighted by atomic mass is 9.89. The van der Waals surface area contributed by atoms with Crippen molar-refractivity contribution >= 4 is 11.8 Å². The molecule has 0 saturated carbocycles. The summed E-state index contributed by atoms with van der Waals surface area (Å²) in [4.78, 5) is 32.0. The maximum absolute atomic E-state index is 14.0. The molecule has 2 atom stereocenters. The molecule has 0 heterocycles. The lowest BCUT2D eigenvalue weighted by Crippen LogP contribution is -2.55. The zero-order valence-electron chi connectivity index (χ0n) is 37.9. The first kappa shape index (κ1) is 52.9. The molecule has 0 aliphatic heterocycles. The molecule has 322 valence electrons. The molecule has 0 aromatic heterocycles. The molecular weight excluding hydrogens is 663 g/mol. The predicted octanol–water partition coefficient (Wildman–Crippen LogP) is 14.6. The Morgan fingerprint density at radius 2 is 0.796 bits per heavy atom. The molecule has 54 heavy (non-hydrogen) atoms. The smallest absolute Gasteiger partial charge is 0.243 e. The van der Waals surface area contributed by atoms with Crippen LogP contribution in [0.25, 0.3) is 0 Å². The minimum absolute atomic E-state index is 0.0857. The fraction of sp³-hybridized carbons (Fsp3) is 0.959. The molecule has 0 rings (SSSR count). The van der Waals surface area contributed by atoms with Crippen LogP contribution in [0.1, 0.15) is 259 Å². The van der Waals surface area contributed by atoms with E-state index in [-0.39, 0.29) is 23.8 Å².